The van der Waals surface area contributed by atoms with Crippen LogP contribution < -0.4 is 5.32 Å². The highest BCUT2D eigenvalue weighted by Gasteiger charge is 2.16. The minimum atomic E-state index is -0.527. The Balaban J connectivity index is 2.18. The maximum absolute atomic E-state index is 11.5. The average Bonchev–Trinajstić information content (AvgIpc) is 2.67. The molecule has 7 heteroatoms. The van der Waals surface area contributed by atoms with Crippen LogP contribution >= 0.6 is 11.7 Å². The Kier molecular flexibility index (Phi) is 5.21. The van der Waals surface area contributed by atoms with Crippen molar-refractivity contribution in [2.45, 2.75) is 39.2 Å². The maximum atomic E-state index is 11.5. The molecule has 0 aromatic carbocycles. The van der Waals surface area contributed by atoms with E-state index in [1.54, 1.807) is 27.0 Å². The van der Waals surface area contributed by atoms with Crippen LogP contribution in [0.1, 0.15) is 32.9 Å². The summed E-state index contributed by atoms with van der Waals surface area (Å²) in [5.74, 6) is 0.0127. The van der Waals surface area contributed by atoms with Gasteiger partial charge in [0.05, 0.1) is 30.0 Å². The standard InChI is InChI=1S/C11H17N3O3S/c1-11(2,3)17-10(16)12-5-4-9(15)6-8-7-13-18-14-8/h7H,4-6H2,1-3H3,(H,12,16). The lowest BCUT2D eigenvalue weighted by Crippen LogP contribution is -2.33. The zero-order valence-electron chi connectivity index (χ0n) is 10.7. The van der Waals surface area contributed by atoms with E-state index in [1.165, 1.54) is 0 Å². The smallest absolute Gasteiger partial charge is 0.407 e. The summed E-state index contributed by atoms with van der Waals surface area (Å²) in [4.78, 5) is 22.8. The number of aromatic nitrogens is 2. The molecule has 0 fully saturated rings. The van der Waals surface area contributed by atoms with Gasteiger partial charge in [0.25, 0.3) is 0 Å². The highest BCUT2D eigenvalue weighted by atomic mass is 32.1. The van der Waals surface area contributed by atoms with Crippen LogP contribution in [0.5, 0.6) is 0 Å². The normalized spacial score (nSPS) is 11.1. The van der Waals surface area contributed by atoms with E-state index in [-0.39, 0.29) is 25.2 Å². The Labute approximate surface area is 110 Å². The molecule has 1 aromatic rings. The van der Waals surface area contributed by atoms with Crippen molar-refractivity contribution in [3.63, 3.8) is 0 Å². The number of amides is 1. The first-order valence-electron chi connectivity index (χ1n) is 5.62. The number of Topliss-reactive ketones (excluding diaryl/α,β-unsaturated/α-hetero) is 1. The molecular weight excluding hydrogens is 254 g/mol. The second kappa shape index (κ2) is 6.44. The van der Waals surface area contributed by atoms with Crippen molar-refractivity contribution in [1.29, 1.82) is 0 Å². The maximum Gasteiger partial charge on any atom is 0.407 e. The second-order valence-corrected chi connectivity index (χ2v) is 5.35. The molecule has 1 heterocycles. The van der Waals surface area contributed by atoms with Crippen molar-refractivity contribution in [3.05, 3.63) is 11.9 Å². The van der Waals surface area contributed by atoms with Gasteiger partial charge in [-0.2, -0.15) is 8.75 Å². The molecule has 18 heavy (non-hydrogen) atoms. The van der Waals surface area contributed by atoms with E-state index in [2.05, 4.69) is 14.1 Å². The zero-order valence-corrected chi connectivity index (χ0v) is 11.5. The molecule has 0 atom stereocenters. The molecule has 0 aliphatic carbocycles. The lowest BCUT2D eigenvalue weighted by molar-refractivity contribution is -0.118. The first-order valence-corrected chi connectivity index (χ1v) is 6.35. The Morgan fingerprint density at radius 3 is 2.72 bits per heavy atom. The van der Waals surface area contributed by atoms with Crippen molar-refractivity contribution in [2.24, 2.45) is 0 Å². The molecule has 1 rings (SSSR count). The van der Waals surface area contributed by atoms with Gasteiger partial charge >= 0.3 is 6.09 Å². The number of carbonyl (C=O) groups is 2. The largest absolute Gasteiger partial charge is 0.444 e. The van der Waals surface area contributed by atoms with Gasteiger partial charge in [-0.05, 0) is 20.8 Å². The summed E-state index contributed by atoms with van der Waals surface area (Å²) in [5, 5.41) is 2.53. The van der Waals surface area contributed by atoms with Crippen molar-refractivity contribution >= 4 is 23.6 Å². The quantitative estimate of drug-likeness (QED) is 0.879. The van der Waals surface area contributed by atoms with Crippen molar-refractivity contribution in [3.8, 4) is 0 Å². The van der Waals surface area contributed by atoms with Crippen LogP contribution in [0.15, 0.2) is 6.20 Å². The molecular formula is C11H17N3O3S. The third kappa shape index (κ3) is 6.29. The fourth-order valence-corrected chi connectivity index (χ4v) is 1.60. The first kappa shape index (κ1) is 14.6. The van der Waals surface area contributed by atoms with Gasteiger partial charge in [0, 0.05) is 13.0 Å². The number of hydrogen-bond donors (Lipinski definition) is 1. The van der Waals surface area contributed by atoms with Crippen molar-refractivity contribution < 1.29 is 14.3 Å². The summed E-state index contributed by atoms with van der Waals surface area (Å²) in [6, 6.07) is 0. The summed E-state index contributed by atoms with van der Waals surface area (Å²) < 4.78 is 12.8. The van der Waals surface area contributed by atoms with Crippen LogP contribution in [0.3, 0.4) is 0 Å². The molecule has 0 saturated heterocycles. The van der Waals surface area contributed by atoms with Crippen molar-refractivity contribution in [2.75, 3.05) is 6.54 Å². The highest BCUT2D eigenvalue weighted by molar-refractivity contribution is 6.99. The third-order valence-electron chi connectivity index (χ3n) is 1.86. The van der Waals surface area contributed by atoms with Gasteiger partial charge in [-0.3, -0.25) is 4.79 Å². The number of ether oxygens (including phenoxy) is 1. The predicted molar refractivity (Wildman–Crippen MR) is 67.5 cm³/mol. The van der Waals surface area contributed by atoms with Crippen LogP contribution in [0.25, 0.3) is 0 Å². The van der Waals surface area contributed by atoms with Gasteiger partial charge in [0.2, 0.25) is 0 Å². The molecule has 6 nitrogen and oxygen atoms in total. The number of nitrogens with zero attached hydrogens (tertiary/aromatic N) is 2. The SMILES string of the molecule is CC(C)(C)OC(=O)NCCC(=O)Cc1cnsn1. The molecule has 0 bridgehead atoms. The van der Waals surface area contributed by atoms with Crippen LogP contribution in [0.4, 0.5) is 4.79 Å². The van der Waals surface area contributed by atoms with Gasteiger partial charge < -0.3 is 10.1 Å². The number of alkyl carbamates (subject to hydrolysis) is 1. The van der Waals surface area contributed by atoms with E-state index in [0.717, 1.165) is 11.7 Å². The molecule has 1 amide bonds. The molecule has 0 saturated carbocycles. The monoisotopic (exact) mass is 271 g/mol. The van der Waals surface area contributed by atoms with E-state index >= 15 is 0 Å². The van der Waals surface area contributed by atoms with E-state index in [1.807, 2.05) is 0 Å². The van der Waals surface area contributed by atoms with Crippen LogP contribution in [0.2, 0.25) is 0 Å². The molecule has 1 N–H and O–H groups in total. The van der Waals surface area contributed by atoms with Gasteiger partial charge in [0.1, 0.15) is 11.4 Å². The summed E-state index contributed by atoms with van der Waals surface area (Å²) in [6.07, 6.45) is 1.58. The Morgan fingerprint density at radius 2 is 2.17 bits per heavy atom. The fourth-order valence-electron chi connectivity index (χ4n) is 1.17. The number of nitrogens with one attached hydrogen (secondary N) is 1. The number of carbonyl (C=O) groups excluding carboxylic acids is 2. The predicted octanol–water partition coefficient (Wildman–Crippen LogP) is 1.56. The van der Waals surface area contributed by atoms with Gasteiger partial charge in [0.15, 0.2) is 0 Å². The number of hydrogen-bond acceptors (Lipinski definition) is 6. The fraction of sp³-hybridized carbons (Fsp3) is 0.636. The molecule has 0 aliphatic heterocycles. The minimum Gasteiger partial charge on any atom is -0.444 e. The Bertz CT molecular complexity index is 398. The zero-order chi connectivity index (χ0) is 13.6. The van der Waals surface area contributed by atoms with Gasteiger partial charge in [-0.25, -0.2) is 4.79 Å². The first-order chi connectivity index (χ1) is 8.37. The van der Waals surface area contributed by atoms with E-state index in [4.69, 9.17) is 4.74 Å². The molecule has 0 aliphatic rings. The summed E-state index contributed by atoms with van der Waals surface area (Å²) in [6.45, 7) is 5.62. The van der Waals surface area contributed by atoms with Crippen LogP contribution in [-0.4, -0.2) is 32.8 Å². The Hall–Kier alpha value is -1.50. The minimum absolute atomic E-state index is 0.0127. The van der Waals surface area contributed by atoms with Crippen molar-refractivity contribution in [1.82, 2.24) is 14.1 Å². The van der Waals surface area contributed by atoms with Gasteiger partial charge in [-0.1, -0.05) is 0 Å². The highest BCUT2D eigenvalue weighted by Crippen LogP contribution is 2.06. The average molecular weight is 271 g/mol. The topological polar surface area (TPSA) is 81.2 Å². The Morgan fingerprint density at radius 1 is 1.44 bits per heavy atom. The van der Waals surface area contributed by atoms with E-state index in [9.17, 15) is 9.59 Å². The summed E-state index contributed by atoms with van der Waals surface area (Å²) >= 11 is 1.07. The lowest BCUT2D eigenvalue weighted by Gasteiger charge is -2.19. The summed E-state index contributed by atoms with van der Waals surface area (Å²) in [5.41, 5.74) is 0.141. The second-order valence-electron chi connectivity index (χ2n) is 4.79. The molecule has 0 spiro atoms. The molecule has 100 valence electrons. The molecule has 1 aromatic heterocycles. The van der Waals surface area contributed by atoms with E-state index < -0.39 is 11.7 Å². The van der Waals surface area contributed by atoms with E-state index in [0.29, 0.717) is 5.69 Å². The lowest BCUT2D eigenvalue weighted by atomic mass is 10.2. The van der Waals surface area contributed by atoms with Crippen LogP contribution in [0, 0.1) is 0 Å². The third-order valence-corrected chi connectivity index (χ3v) is 2.37. The number of rotatable bonds is 5. The molecule has 0 unspecified atom stereocenters. The van der Waals surface area contributed by atoms with Gasteiger partial charge in [-0.15, -0.1) is 0 Å². The summed E-state index contributed by atoms with van der Waals surface area (Å²) in [7, 11) is 0. The number of ketones is 1. The van der Waals surface area contributed by atoms with Crippen LogP contribution in [-0.2, 0) is 16.0 Å². The molecule has 0 radical (unpaired) electrons.